The van der Waals surface area contributed by atoms with Crippen molar-refractivity contribution in [2.24, 2.45) is 0 Å². The van der Waals surface area contributed by atoms with Crippen molar-refractivity contribution in [1.29, 1.82) is 0 Å². The molecule has 4 heteroatoms. The lowest BCUT2D eigenvalue weighted by Gasteiger charge is -2.39. The zero-order valence-corrected chi connectivity index (χ0v) is 15.3. The maximum Gasteiger partial charge on any atom is 0.319 e. The van der Waals surface area contributed by atoms with E-state index in [9.17, 15) is 4.79 Å². The van der Waals surface area contributed by atoms with Crippen molar-refractivity contribution in [2.45, 2.75) is 57.3 Å². The molecule has 26 heavy (non-hydrogen) atoms. The first kappa shape index (κ1) is 17.1. The van der Waals surface area contributed by atoms with Crippen molar-refractivity contribution < 1.29 is 4.79 Å². The molecule has 0 aromatic heterocycles. The molecule has 2 fully saturated rings. The van der Waals surface area contributed by atoms with E-state index in [1.54, 1.807) is 0 Å². The number of rotatable bonds is 4. The Morgan fingerprint density at radius 3 is 2.35 bits per heavy atom. The number of amides is 2. The second-order valence-electron chi connectivity index (χ2n) is 7.62. The SMILES string of the molecule is Cc1ccccc1NC(=O)NC1CC2CCC(C1)N2Cc1ccccc1. The first-order valence-electron chi connectivity index (χ1n) is 9.62. The van der Waals surface area contributed by atoms with E-state index in [2.05, 4.69) is 45.9 Å². The molecule has 2 aliphatic heterocycles. The quantitative estimate of drug-likeness (QED) is 0.864. The molecule has 2 saturated heterocycles. The molecule has 0 saturated carbocycles. The van der Waals surface area contributed by atoms with Gasteiger partial charge in [0.2, 0.25) is 0 Å². The highest BCUT2D eigenvalue weighted by Crippen LogP contribution is 2.36. The number of anilines is 1. The average molecular weight is 349 g/mol. The third-order valence-electron chi connectivity index (χ3n) is 5.82. The first-order valence-corrected chi connectivity index (χ1v) is 9.62. The van der Waals surface area contributed by atoms with Crippen LogP contribution >= 0.6 is 0 Å². The molecule has 4 rings (SSSR count). The highest BCUT2D eigenvalue weighted by Gasteiger charge is 2.40. The number of carbonyl (C=O) groups is 1. The van der Waals surface area contributed by atoms with Gasteiger partial charge < -0.3 is 10.6 Å². The fourth-order valence-electron chi connectivity index (χ4n) is 4.50. The number of benzene rings is 2. The van der Waals surface area contributed by atoms with Gasteiger partial charge in [0.25, 0.3) is 0 Å². The van der Waals surface area contributed by atoms with E-state index >= 15 is 0 Å². The Kier molecular flexibility index (Phi) is 4.93. The number of nitrogens with zero attached hydrogens (tertiary/aromatic N) is 1. The van der Waals surface area contributed by atoms with Crippen molar-refractivity contribution in [3.8, 4) is 0 Å². The molecule has 0 spiro atoms. The predicted octanol–water partition coefficient (Wildman–Crippen LogP) is 4.31. The monoisotopic (exact) mass is 349 g/mol. The van der Waals surface area contributed by atoms with Gasteiger partial charge in [0.05, 0.1) is 0 Å². The fraction of sp³-hybridized carbons (Fsp3) is 0.409. The number of urea groups is 1. The van der Waals surface area contributed by atoms with E-state index in [0.717, 1.165) is 30.6 Å². The number of piperidine rings is 1. The van der Waals surface area contributed by atoms with Crippen LogP contribution in [0.3, 0.4) is 0 Å². The molecule has 2 heterocycles. The van der Waals surface area contributed by atoms with Gasteiger partial charge in [-0.1, -0.05) is 48.5 Å². The van der Waals surface area contributed by atoms with Gasteiger partial charge in [-0.05, 0) is 49.8 Å². The van der Waals surface area contributed by atoms with E-state index < -0.39 is 0 Å². The van der Waals surface area contributed by atoms with Crippen LogP contribution in [0.2, 0.25) is 0 Å². The lowest BCUT2D eigenvalue weighted by Crippen LogP contribution is -2.50. The molecule has 2 aromatic carbocycles. The molecule has 2 bridgehead atoms. The highest BCUT2D eigenvalue weighted by molar-refractivity contribution is 5.90. The summed E-state index contributed by atoms with van der Waals surface area (Å²) in [6.45, 7) is 3.04. The molecule has 136 valence electrons. The molecule has 2 amide bonds. The maximum absolute atomic E-state index is 12.4. The van der Waals surface area contributed by atoms with Crippen molar-refractivity contribution in [3.05, 3.63) is 65.7 Å². The number of fused-ring (bicyclic) bond motifs is 2. The minimum atomic E-state index is -0.0831. The van der Waals surface area contributed by atoms with Gasteiger partial charge in [0.15, 0.2) is 0 Å². The molecule has 0 radical (unpaired) electrons. The first-order chi connectivity index (χ1) is 12.7. The van der Waals surface area contributed by atoms with Gasteiger partial charge in [0, 0.05) is 30.4 Å². The van der Waals surface area contributed by atoms with Crippen LogP contribution in [0, 0.1) is 6.92 Å². The standard InChI is InChI=1S/C22H27N3O/c1-16-7-5-6-10-21(16)24-22(26)23-18-13-19-11-12-20(14-18)25(19)15-17-8-3-2-4-9-17/h2-10,18-20H,11-15H2,1H3,(H2,23,24,26). The zero-order chi connectivity index (χ0) is 17.9. The average Bonchev–Trinajstić information content (AvgIpc) is 2.87. The second kappa shape index (κ2) is 7.50. The fourth-order valence-corrected chi connectivity index (χ4v) is 4.50. The van der Waals surface area contributed by atoms with Crippen molar-refractivity contribution in [1.82, 2.24) is 10.2 Å². The highest BCUT2D eigenvalue weighted by atomic mass is 16.2. The number of carbonyl (C=O) groups excluding carboxylic acids is 1. The molecule has 2 unspecified atom stereocenters. The van der Waals surface area contributed by atoms with Gasteiger partial charge in [-0.2, -0.15) is 0 Å². The summed E-state index contributed by atoms with van der Waals surface area (Å²) >= 11 is 0. The second-order valence-corrected chi connectivity index (χ2v) is 7.62. The lowest BCUT2D eigenvalue weighted by molar-refractivity contribution is 0.112. The minimum Gasteiger partial charge on any atom is -0.335 e. The van der Waals surface area contributed by atoms with E-state index in [4.69, 9.17) is 0 Å². The van der Waals surface area contributed by atoms with E-state index in [-0.39, 0.29) is 12.1 Å². The molecule has 0 aliphatic carbocycles. The van der Waals surface area contributed by atoms with E-state index in [1.165, 1.54) is 18.4 Å². The molecule has 2 N–H and O–H groups in total. The summed E-state index contributed by atoms with van der Waals surface area (Å²) in [7, 11) is 0. The Hall–Kier alpha value is -2.33. The molecule has 4 nitrogen and oxygen atoms in total. The Bertz CT molecular complexity index is 747. The Labute approximate surface area is 155 Å². The predicted molar refractivity (Wildman–Crippen MR) is 105 cm³/mol. The number of hydrogen-bond acceptors (Lipinski definition) is 2. The van der Waals surface area contributed by atoms with Crippen molar-refractivity contribution >= 4 is 11.7 Å². The maximum atomic E-state index is 12.4. The van der Waals surface area contributed by atoms with Gasteiger partial charge in [-0.15, -0.1) is 0 Å². The number of para-hydroxylation sites is 1. The van der Waals surface area contributed by atoms with Crippen LogP contribution in [0.5, 0.6) is 0 Å². The van der Waals surface area contributed by atoms with Crippen LogP contribution in [0.4, 0.5) is 10.5 Å². The summed E-state index contributed by atoms with van der Waals surface area (Å²) in [6.07, 6.45) is 4.58. The Morgan fingerprint density at radius 2 is 1.65 bits per heavy atom. The third-order valence-corrected chi connectivity index (χ3v) is 5.82. The minimum absolute atomic E-state index is 0.0831. The number of nitrogens with one attached hydrogen (secondary N) is 2. The largest absolute Gasteiger partial charge is 0.335 e. The van der Waals surface area contributed by atoms with Gasteiger partial charge in [-0.25, -0.2) is 4.79 Å². The Balaban J connectivity index is 1.34. The summed E-state index contributed by atoms with van der Waals surface area (Å²) in [5.41, 5.74) is 3.35. The van der Waals surface area contributed by atoms with Crippen LogP contribution in [-0.2, 0) is 6.54 Å². The van der Waals surface area contributed by atoms with Crippen LogP contribution in [0.1, 0.15) is 36.8 Å². The van der Waals surface area contributed by atoms with Gasteiger partial charge in [0.1, 0.15) is 0 Å². The van der Waals surface area contributed by atoms with Crippen molar-refractivity contribution in [2.75, 3.05) is 5.32 Å². The topological polar surface area (TPSA) is 44.4 Å². The van der Waals surface area contributed by atoms with E-state index in [1.807, 2.05) is 31.2 Å². The zero-order valence-electron chi connectivity index (χ0n) is 15.3. The summed E-state index contributed by atoms with van der Waals surface area (Å²) < 4.78 is 0. The summed E-state index contributed by atoms with van der Waals surface area (Å²) in [6, 6.07) is 19.9. The summed E-state index contributed by atoms with van der Waals surface area (Å²) in [5, 5.41) is 6.20. The summed E-state index contributed by atoms with van der Waals surface area (Å²) in [5.74, 6) is 0. The molecule has 2 atom stereocenters. The molecular formula is C22H27N3O. The van der Waals surface area contributed by atoms with Crippen LogP contribution in [0.25, 0.3) is 0 Å². The molecule has 2 aliphatic rings. The van der Waals surface area contributed by atoms with Gasteiger partial charge >= 0.3 is 6.03 Å². The lowest BCUT2D eigenvalue weighted by atomic mass is 9.96. The number of hydrogen-bond donors (Lipinski definition) is 2. The van der Waals surface area contributed by atoms with Crippen molar-refractivity contribution in [3.63, 3.8) is 0 Å². The van der Waals surface area contributed by atoms with Crippen LogP contribution < -0.4 is 10.6 Å². The Morgan fingerprint density at radius 1 is 1.00 bits per heavy atom. The molecule has 2 aromatic rings. The number of aryl methyl sites for hydroxylation is 1. The normalized spacial score (nSPS) is 25.0. The summed E-state index contributed by atoms with van der Waals surface area (Å²) in [4.78, 5) is 15.0. The molecular weight excluding hydrogens is 322 g/mol. The third kappa shape index (κ3) is 3.75. The van der Waals surface area contributed by atoms with E-state index in [0.29, 0.717) is 12.1 Å². The van der Waals surface area contributed by atoms with Gasteiger partial charge in [-0.3, -0.25) is 4.90 Å². The van der Waals surface area contributed by atoms with Crippen LogP contribution in [-0.4, -0.2) is 29.1 Å². The van der Waals surface area contributed by atoms with Crippen LogP contribution in [0.15, 0.2) is 54.6 Å². The smallest absolute Gasteiger partial charge is 0.319 e.